The Labute approximate surface area is 95.1 Å². The van der Waals surface area contributed by atoms with Crippen LogP contribution in [0.3, 0.4) is 0 Å². The van der Waals surface area contributed by atoms with Crippen LogP contribution in [0, 0.1) is 13.8 Å². The van der Waals surface area contributed by atoms with E-state index in [-0.39, 0.29) is 0 Å². The van der Waals surface area contributed by atoms with Crippen molar-refractivity contribution < 1.29 is 9.15 Å². The van der Waals surface area contributed by atoms with Crippen LogP contribution in [-0.4, -0.2) is 11.6 Å². The maximum Gasteiger partial charge on any atom is 0.181 e. The van der Waals surface area contributed by atoms with Crippen molar-refractivity contribution in [3.05, 3.63) is 47.7 Å². The molecule has 2 aromatic rings. The predicted octanol–water partition coefficient (Wildman–Crippen LogP) is 2.91. The van der Waals surface area contributed by atoms with Crippen LogP contribution in [0.1, 0.15) is 17.0 Å². The summed E-state index contributed by atoms with van der Waals surface area (Å²) in [5, 5.41) is 0. The van der Waals surface area contributed by atoms with Crippen molar-refractivity contribution in [1.82, 2.24) is 4.98 Å². The van der Waals surface area contributed by atoms with Crippen LogP contribution in [0.2, 0.25) is 0 Å². The Kier molecular flexibility index (Phi) is 3.25. The molecule has 0 aliphatic carbocycles. The third-order valence-electron chi connectivity index (χ3n) is 2.47. The summed E-state index contributed by atoms with van der Waals surface area (Å²) in [5.41, 5.74) is 2.20. The van der Waals surface area contributed by atoms with Crippen LogP contribution in [0.15, 0.2) is 35.1 Å². The topological polar surface area (TPSA) is 35.3 Å². The molecule has 0 amide bonds. The van der Waals surface area contributed by atoms with Crippen LogP contribution in [0.5, 0.6) is 5.75 Å². The molecule has 0 N–H and O–H groups in total. The summed E-state index contributed by atoms with van der Waals surface area (Å²) >= 11 is 0. The van der Waals surface area contributed by atoms with Crippen LogP contribution >= 0.6 is 0 Å². The monoisotopic (exact) mass is 217 g/mol. The van der Waals surface area contributed by atoms with E-state index in [4.69, 9.17) is 9.15 Å². The smallest absolute Gasteiger partial charge is 0.181 e. The minimum absolute atomic E-state index is 0.621. The molecule has 0 saturated heterocycles. The first-order chi connectivity index (χ1) is 7.75. The molecule has 0 fully saturated rings. The van der Waals surface area contributed by atoms with Crippen LogP contribution < -0.4 is 4.74 Å². The molecule has 1 heterocycles. The summed E-state index contributed by atoms with van der Waals surface area (Å²) < 4.78 is 10.7. The second-order valence-corrected chi connectivity index (χ2v) is 3.77. The first-order valence-electron chi connectivity index (χ1n) is 5.34. The molecular formula is C13H15NO2. The zero-order valence-electron chi connectivity index (χ0n) is 9.56. The first kappa shape index (κ1) is 10.7. The number of hydrogen-bond acceptors (Lipinski definition) is 3. The maximum absolute atomic E-state index is 5.61. The van der Waals surface area contributed by atoms with Gasteiger partial charge in [-0.05, 0) is 26.0 Å². The van der Waals surface area contributed by atoms with Gasteiger partial charge in [0.05, 0.1) is 12.3 Å². The molecule has 0 spiro atoms. The third-order valence-corrected chi connectivity index (χ3v) is 2.47. The SMILES string of the molecule is Cc1ccc(OCCc2ncoc2C)cc1. The van der Waals surface area contributed by atoms with Crippen molar-refractivity contribution in [3.63, 3.8) is 0 Å². The minimum atomic E-state index is 0.621. The third kappa shape index (κ3) is 2.63. The number of hydrogen-bond donors (Lipinski definition) is 0. The van der Waals surface area contributed by atoms with Gasteiger partial charge in [0.15, 0.2) is 6.39 Å². The quantitative estimate of drug-likeness (QED) is 0.789. The molecule has 0 bridgehead atoms. The van der Waals surface area contributed by atoms with Crippen LogP contribution in [0.4, 0.5) is 0 Å². The molecule has 1 aromatic carbocycles. The van der Waals surface area contributed by atoms with Gasteiger partial charge >= 0.3 is 0 Å². The van der Waals surface area contributed by atoms with E-state index in [9.17, 15) is 0 Å². The Bertz CT molecular complexity index is 445. The number of aryl methyl sites for hydroxylation is 2. The van der Waals surface area contributed by atoms with Crippen molar-refractivity contribution in [2.75, 3.05) is 6.61 Å². The summed E-state index contributed by atoms with van der Waals surface area (Å²) in [6.07, 6.45) is 2.24. The highest BCUT2D eigenvalue weighted by Crippen LogP contribution is 2.12. The van der Waals surface area contributed by atoms with Crippen LogP contribution in [0.25, 0.3) is 0 Å². The van der Waals surface area contributed by atoms with Crippen molar-refractivity contribution in [2.24, 2.45) is 0 Å². The fourth-order valence-electron chi connectivity index (χ4n) is 1.47. The van der Waals surface area contributed by atoms with Gasteiger partial charge in [-0.3, -0.25) is 0 Å². The number of nitrogens with zero attached hydrogens (tertiary/aromatic N) is 1. The lowest BCUT2D eigenvalue weighted by molar-refractivity contribution is 0.320. The second-order valence-electron chi connectivity index (χ2n) is 3.77. The van der Waals surface area contributed by atoms with Crippen molar-refractivity contribution in [2.45, 2.75) is 20.3 Å². The molecular weight excluding hydrogens is 202 g/mol. The molecule has 1 aromatic heterocycles. The number of ether oxygens (including phenoxy) is 1. The number of oxazole rings is 1. The standard InChI is InChI=1S/C13H15NO2/c1-10-3-5-12(6-4-10)15-8-7-13-11(2)16-9-14-13/h3-6,9H,7-8H2,1-2H3. The molecule has 0 unspecified atom stereocenters. The molecule has 0 atom stereocenters. The highest BCUT2D eigenvalue weighted by molar-refractivity contribution is 5.26. The second kappa shape index (κ2) is 4.84. The van der Waals surface area contributed by atoms with Crippen molar-refractivity contribution >= 4 is 0 Å². The Morgan fingerprint density at radius 3 is 2.56 bits per heavy atom. The van der Waals surface area contributed by atoms with Crippen molar-refractivity contribution in [3.8, 4) is 5.75 Å². The van der Waals surface area contributed by atoms with Gasteiger partial charge in [-0.2, -0.15) is 0 Å². The lowest BCUT2D eigenvalue weighted by Crippen LogP contribution is -2.02. The summed E-state index contributed by atoms with van der Waals surface area (Å²) in [4.78, 5) is 4.11. The molecule has 16 heavy (non-hydrogen) atoms. The Balaban J connectivity index is 1.84. The Hall–Kier alpha value is -1.77. The average Bonchev–Trinajstić information content (AvgIpc) is 2.68. The van der Waals surface area contributed by atoms with Gasteiger partial charge in [0.2, 0.25) is 0 Å². The average molecular weight is 217 g/mol. The molecule has 3 nitrogen and oxygen atoms in total. The van der Waals surface area contributed by atoms with E-state index in [1.54, 1.807) is 0 Å². The Morgan fingerprint density at radius 1 is 1.19 bits per heavy atom. The van der Waals surface area contributed by atoms with E-state index in [0.717, 1.165) is 23.6 Å². The van der Waals surface area contributed by atoms with E-state index in [1.165, 1.54) is 12.0 Å². The van der Waals surface area contributed by atoms with Gasteiger partial charge in [0.1, 0.15) is 11.5 Å². The zero-order chi connectivity index (χ0) is 11.4. The van der Waals surface area contributed by atoms with Gasteiger partial charge in [0.25, 0.3) is 0 Å². The molecule has 0 aliphatic heterocycles. The van der Waals surface area contributed by atoms with Gasteiger partial charge in [-0.15, -0.1) is 0 Å². The van der Waals surface area contributed by atoms with Gasteiger partial charge in [-0.1, -0.05) is 17.7 Å². The summed E-state index contributed by atoms with van der Waals surface area (Å²) in [5.74, 6) is 1.76. The molecule has 0 saturated carbocycles. The van der Waals surface area contributed by atoms with Gasteiger partial charge in [-0.25, -0.2) is 4.98 Å². The van der Waals surface area contributed by atoms with Gasteiger partial charge in [0, 0.05) is 6.42 Å². The fraction of sp³-hybridized carbons (Fsp3) is 0.308. The number of rotatable bonds is 4. The maximum atomic E-state index is 5.61. The Morgan fingerprint density at radius 2 is 1.94 bits per heavy atom. The molecule has 2 rings (SSSR count). The summed E-state index contributed by atoms with van der Waals surface area (Å²) in [6.45, 7) is 4.59. The zero-order valence-corrected chi connectivity index (χ0v) is 9.56. The van der Waals surface area contributed by atoms with E-state index >= 15 is 0 Å². The normalized spacial score (nSPS) is 10.4. The number of aromatic nitrogens is 1. The fourth-order valence-corrected chi connectivity index (χ4v) is 1.47. The number of benzene rings is 1. The largest absolute Gasteiger partial charge is 0.493 e. The van der Waals surface area contributed by atoms with Crippen LogP contribution in [-0.2, 0) is 6.42 Å². The highest BCUT2D eigenvalue weighted by Gasteiger charge is 2.02. The van der Waals surface area contributed by atoms with Crippen molar-refractivity contribution in [1.29, 1.82) is 0 Å². The van der Waals surface area contributed by atoms with Gasteiger partial charge < -0.3 is 9.15 Å². The van der Waals surface area contributed by atoms with E-state index in [1.807, 2.05) is 31.2 Å². The van der Waals surface area contributed by atoms with E-state index < -0.39 is 0 Å². The highest BCUT2D eigenvalue weighted by atomic mass is 16.5. The lowest BCUT2D eigenvalue weighted by atomic mass is 10.2. The molecule has 3 heteroatoms. The molecule has 0 radical (unpaired) electrons. The summed E-state index contributed by atoms with van der Waals surface area (Å²) in [7, 11) is 0. The lowest BCUT2D eigenvalue weighted by Gasteiger charge is -2.05. The van der Waals surface area contributed by atoms with E-state index in [0.29, 0.717) is 6.61 Å². The predicted molar refractivity (Wildman–Crippen MR) is 61.6 cm³/mol. The molecule has 84 valence electrons. The van der Waals surface area contributed by atoms with E-state index in [2.05, 4.69) is 11.9 Å². The minimum Gasteiger partial charge on any atom is -0.493 e. The molecule has 0 aliphatic rings. The first-order valence-corrected chi connectivity index (χ1v) is 5.34. The summed E-state index contributed by atoms with van der Waals surface area (Å²) in [6, 6.07) is 8.03.